The summed E-state index contributed by atoms with van der Waals surface area (Å²) in [5.41, 5.74) is 10.5. The topological polar surface area (TPSA) is 121 Å². The summed E-state index contributed by atoms with van der Waals surface area (Å²) in [6, 6.07) is 21.1. The second-order valence-electron chi connectivity index (χ2n) is 12.9. The number of H-pyrrole nitrogens is 1. The van der Waals surface area contributed by atoms with Gasteiger partial charge >= 0.3 is 0 Å². The van der Waals surface area contributed by atoms with Gasteiger partial charge in [0.25, 0.3) is 5.82 Å². The summed E-state index contributed by atoms with van der Waals surface area (Å²) in [5.74, 6) is 0.589. The molecule has 2 aliphatic heterocycles. The van der Waals surface area contributed by atoms with Gasteiger partial charge in [0.2, 0.25) is 5.91 Å². The summed E-state index contributed by atoms with van der Waals surface area (Å²) in [6.45, 7) is 4.34. The fourth-order valence-electron chi connectivity index (χ4n) is 7.04. The van der Waals surface area contributed by atoms with Gasteiger partial charge in [-0.05, 0) is 92.2 Å². The number of tetrazole rings is 1. The Bertz CT molecular complexity index is 1800. The highest BCUT2D eigenvalue weighted by molar-refractivity contribution is 7.16. The number of aromatic amines is 1. The molecule has 2 saturated heterocycles. The molecule has 7 rings (SSSR count). The third-order valence-corrected chi connectivity index (χ3v) is 11.8. The number of aromatic nitrogens is 6. The predicted molar refractivity (Wildman–Crippen MR) is 190 cm³/mol. The number of carbonyl (C=O) groups excluding carboxylic acids is 1. The summed E-state index contributed by atoms with van der Waals surface area (Å²) in [4.78, 5) is 28.7. The molecule has 0 saturated carbocycles. The lowest BCUT2D eigenvalue weighted by Gasteiger charge is -2.23. The first-order valence-electron chi connectivity index (χ1n) is 17.2. The van der Waals surface area contributed by atoms with E-state index in [1.54, 1.807) is 16.1 Å². The van der Waals surface area contributed by atoms with Crippen molar-refractivity contribution in [2.24, 2.45) is 5.73 Å². The average Bonchev–Trinajstić information content (AvgIpc) is 3.93. The van der Waals surface area contributed by atoms with Crippen molar-refractivity contribution in [3.8, 4) is 0 Å². The van der Waals surface area contributed by atoms with Gasteiger partial charge < -0.3 is 15.5 Å². The lowest BCUT2D eigenvalue weighted by Crippen LogP contribution is -2.43. The number of amides is 1. The minimum atomic E-state index is -0.299. The molecule has 2 atom stereocenters. The number of anilines is 2. The van der Waals surface area contributed by atoms with Crippen LogP contribution in [0.15, 0.2) is 60.7 Å². The molecule has 48 heavy (non-hydrogen) atoms. The van der Waals surface area contributed by atoms with Crippen LogP contribution in [0.5, 0.6) is 0 Å². The Morgan fingerprint density at radius 1 is 0.854 bits per heavy atom. The number of nitrogens with two attached hydrogens (primary N) is 1. The van der Waals surface area contributed by atoms with E-state index in [1.165, 1.54) is 21.1 Å². The van der Waals surface area contributed by atoms with Crippen LogP contribution in [-0.4, -0.2) is 50.4 Å². The zero-order chi connectivity index (χ0) is 32.9. The van der Waals surface area contributed by atoms with Crippen LogP contribution < -0.4 is 20.3 Å². The number of primary amides is 1. The molecule has 0 radical (unpaired) electrons. The second kappa shape index (κ2) is 14.9. The van der Waals surface area contributed by atoms with Gasteiger partial charge in [-0.15, -0.1) is 27.8 Å². The Labute approximate surface area is 290 Å². The maximum Gasteiger partial charge on any atom is 0.279 e. The van der Waals surface area contributed by atoms with Crippen LogP contribution in [0.25, 0.3) is 0 Å². The molecule has 0 unspecified atom stereocenters. The zero-order valence-corrected chi connectivity index (χ0v) is 29.2. The van der Waals surface area contributed by atoms with Gasteiger partial charge in [-0.25, -0.2) is 9.97 Å². The monoisotopic (exact) mass is 682 g/mol. The molecule has 0 aliphatic carbocycles. The van der Waals surface area contributed by atoms with Gasteiger partial charge in [0.05, 0.1) is 15.7 Å². The van der Waals surface area contributed by atoms with Crippen LogP contribution in [-0.2, 0) is 37.0 Å². The van der Waals surface area contributed by atoms with E-state index in [0.717, 1.165) is 105 Å². The minimum Gasteiger partial charge on any atom is -0.368 e. The summed E-state index contributed by atoms with van der Waals surface area (Å²) in [5, 5.41) is 17.4. The van der Waals surface area contributed by atoms with Gasteiger partial charge in [0, 0.05) is 13.1 Å². The number of thiazole rings is 2. The molecule has 2 aliphatic rings. The van der Waals surface area contributed by atoms with Crippen molar-refractivity contribution < 1.29 is 9.59 Å². The van der Waals surface area contributed by atoms with E-state index in [4.69, 9.17) is 20.8 Å². The van der Waals surface area contributed by atoms with E-state index in [0.29, 0.717) is 6.54 Å². The Morgan fingerprint density at radius 3 is 2.17 bits per heavy atom. The molecule has 5 heterocycles. The lowest BCUT2D eigenvalue weighted by atomic mass is 10.1. The maximum atomic E-state index is 12.3. The third kappa shape index (κ3) is 7.44. The SMILES string of the molecule is Cc1nc(CCCc2ccccc2)sc1N1CCC[C@H]1c1n[n+](Cc2nc(CCCc3ccccc3)sc2N2CCC[C@H]2C(N)=O)n[nH]1. The van der Waals surface area contributed by atoms with E-state index in [2.05, 4.69) is 87.7 Å². The van der Waals surface area contributed by atoms with Crippen LogP contribution >= 0.6 is 22.7 Å². The van der Waals surface area contributed by atoms with Crippen LogP contribution in [0.2, 0.25) is 0 Å². The van der Waals surface area contributed by atoms with Gasteiger partial charge in [-0.1, -0.05) is 60.7 Å². The van der Waals surface area contributed by atoms with Crippen molar-refractivity contribution in [2.75, 3.05) is 22.9 Å². The molecule has 2 fully saturated rings. The van der Waals surface area contributed by atoms with E-state index in [-0.39, 0.29) is 18.0 Å². The highest BCUT2D eigenvalue weighted by Crippen LogP contribution is 2.40. The van der Waals surface area contributed by atoms with Crippen LogP contribution in [0.3, 0.4) is 0 Å². The average molecular weight is 683 g/mol. The fraction of sp³-hybridized carbons (Fsp3) is 0.444. The summed E-state index contributed by atoms with van der Waals surface area (Å²) in [7, 11) is 0. The molecule has 250 valence electrons. The summed E-state index contributed by atoms with van der Waals surface area (Å²) >= 11 is 3.50. The van der Waals surface area contributed by atoms with Gasteiger partial charge in [-0.2, -0.15) is 0 Å². The smallest absolute Gasteiger partial charge is 0.279 e. The Kier molecular flexibility index (Phi) is 10.1. The number of benzene rings is 2. The maximum absolute atomic E-state index is 12.3. The van der Waals surface area contributed by atoms with Gasteiger partial charge in [-0.3, -0.25) is 4.79 Å². The molecule has 2 aromatic carbocycles. The molecule has 1 amide bonds. The highest BCUT2D eigenvalue weighted by atomic mass is 32.1. The molecular weight excluding hydrogens is 639 g/mol. The first-order valence-corrected chi connectivity index (χ1v) is 18.8. The first-order chi connectivity index (χ1) is 23.5. The number of hydrogen-bond acceptors (Lipinski definition) is 9. The van der Waals surface area contributed by atoms with Crippen molar-refractivity contribution in [1.82, 2.24) is 25.4 Å². The quantitative estimate of drug-likeness (QED) is 0.148. The van der Waals surface area contributed by atoms with Gasteiger partial charge in [0.15, 0.2) is 6.54 Å². The van der Waals surface area contributed by atoms with E-state index in [9.17, 15) is 4.79 Å². The normalized spacial score (nSPS) is 17.9. The largest absolute Gasteiger partial charge is 0.368 e. The van der Waals surface area contributed by atoms with Crippen LogP contribution in [0.4, 0.5) is 10.0 Å². The van der Waals surface area contributed by atoms with E-state index < -0.39 is 0 Å². The van der Waals surface area contributed by atoms with E-state index >= 15 is 0 Å². The van der Waals surface area contributed by atoms with Crippen molar-refractivity contribution in [3.05, 3.63) is 99.0 Å². The van der Waals surface area contributed by atoms with Crippen LogP contribution in [0.1, 0.15) is 82.9 Å². The lowest BCUT2D eigenvalue weighted by molar-refractivity contribution is -0.798. The number of aryl methyl sites for hydroxylation is 5. The predicted octanol–water partition coefficient (Wildman–Crippen LogP) is 5.51. The van der Waals surface area contributed by atoms with Crippen molar-refractivity contribution in [1.29, 1.82) is 0 Å². The third-order valence-electron chi connectivity index (χ3n) is 9.40. The second-order valence-corrected chi connectivity index (χ2v) is 15.0. The number of rotatable bonds is 14. The van der Waals surface area contributed by atoms with Crippen LogP contribution in [0, 0.1) is 6.92 Å². The molecule has 3 N–H and O–H groups in total. The van der Waals surface area contributed by atoms with Gasteiger partial charge in [0.1, 0.15) is 33.0 Å². The van der Waals surface area contributed by atoms with Crippen molar-refractivity contribution in [2.45, 2.75) is 89.8 Å². The molecule has 0 bridgehead atoms. The molecule has 3 aromatic heterocycles. The standard InChI is InChI=1S/C36H43N9OS2/c1-25-35(47-31(38-25)20-8-16-26-12-4-2-5-13-26)44-23-11-19-30(44)34-40-42-45(41-34)24-28-36(43-22-10-18-29(43)33(37)46)48-32(39-28)21-9-17-27-14-6-3-7-15-27/h2-7,12-15,29-30H,8-11,16-24H2,1H3,(H2,37,46)/p+1/t29-,30-/m0/s1. The number of nitrogens with zero attached hydrogens (tertiary/aromatic N) is 7. The number of carbonyl (C=O) groups is 1. The fourth-order valence-corrected chi connectivity index (χ4v) is 9.41. The van der Waals surface area contributed by atoms with Crippen molar-refractivity contribution in [3.63, 3.8) is 0 Å². The minimum absolute atomic E-state index is 0.122. The molecule has 10 nitrogen and oxygen atoms in total. The number of nitrogens with one attached hydrogen (secondary N) is 1. The zero-order valence-electron chi connectivity index (χ0n) is 27.6. The van der Waals surface area contributed by atoms with E-state index in [1.807, 2.05) is 11.3 Å². The highest BCUT2D eigenvalue weighted by Gasteiger charge is 2.36. The molecule has 0 spiro atoms. The number of hydrogen-bond donors (Lipinski definition) is 2. The first kappa shape index (κ1) is 32.4. The Morgan fingerprint density at radius 2 is 1.48 bits per heavy atom. The molecule has 12 heteroatoms. The van der Waals surface area contributed by atoms with Crippen molar-refractivity contribution >= 4 is 38.6 Å². The Hall–Kier alpha value is -4.16. The molecule has 5 aromatic rings. The summed E-state index contributed by atoms with van der Waals surface area (Å²) in [6.07, 6.45) is 9.86. The Balaban J connectivity index is 1.05. The molecular formula is C36H44N9OS2+. The summed E-state index contributed by atoms with van der Waals surface area (Å²) < 4.78 is 0.